The number of rotatable bonds is 10. The number of amides is 1. The van der Waals surface area contributed by atoms with Gasteiger partial charge in [0.25, 0.3) is 5.91 Å². The van der Waals surface area contributed by atoms with Gasteiger partial charge in [0.2, 0.25) is 0 Å². The highest BCUT2D eigenvalue weighted by Crippen LogP contribution is 2.08. The van der Waals surface area contributed by atoms with Crippen molar-refractivity contribution in [2.75, 3.05) is 34.2 Å². The Labute approximate surface area is 181 Å². The van der Waals surface area contributed by atoms with Crippen LogP contribution in [0.4, 0.5) is 0 Å². The number of allylic oxidation sites excluding steroid dienone is 1. The Morgan fingerprint density at radius 2 is 1.81 bits per heavy atom. The molecule has 1 N–H and O–H groups in total. The zero-order valence-corrected chi connectivity index (χ0v) is 19.5. The molecule has 5 nitrogen and oxygen atoms in total. The highest BCUT2D eigenvalue weighted by molar-refractivity contribution is 14.0. The fourth-order valence-electron chi connectivity index (χ4n) is 2.57. The molecule has 0 saturated carbocycles. The van der Waals surface area contributed by atoms with Gasteiger partial charge in [-0.2, -0.15) is 0 Å². The summed E-state index contributed by atoms with van der Waals surface area (Å²) in [6, 6.07) is 7.67. The van der Waals surface area contributed by atoms with E-state index in [0.29, 0.717) is 12.1 Å². The summed E-state index contributed by atoms with van der Waals surface area (Å²) in [5.41, 5.74) is 1.79. The molecule has 0 heterocycles. The van der Waals surface area contributed by atoms with Gasteiger partial charge in [0.15, 0.2) is 5.96 Å². The normalized spacial score (nSPS) is 10.7. The van der Waals surface area contributed by atoms with Crippen LogP contribution in [0.3, 0.4) is 0 Å². The highest BCUT2D eigenvalue weighted by atomic mass is 127. The molecule has 0 aliphatic carbocycles. The van der Waals surface area contributed by atoms with Crippen LogP contribution in [0.1, 0.15) is 48.5 Å². The third-order valence-electron chi connectivity index (χ3n) is 4.12. The summed E-state index contributed by atoms with van der Waals surface area (Å²) in [4.78, 5) is 20.4. The molecular formula is C21H35IN4O. The number of guanidine groups is 1. The lowest BCUT2D eigenvalue weighted by molar-refractivity contribution is 0.0827. The minimum atomic E-state index is 0. The van der Waals surface area contributed by atoms with Gasteiger partial charge in [0.1, 0.15) is 0 Å². The van der Waals surface area contributed by atoms with Crippen molar-refractivity contribution in [3.63, 3.8) is 0 Å². The first-order valence-corrected chi connectivity index (χ1v) is 9.40. The monoisotopic (exact) mass is 486 g/mol. The average Bonchev–Trinajstić information content (AvgIpc) is 2.64. The molecule has 0 bridgehead atoms. The number of aliphatic imine (C=N–C) groups is 1. The van der Waals surface area contributed by atoms with Crippen LogP contribution in [-0.2, 0) is 6.54 Å². The molecule has 0 atom stereocenters. The smallest absolute Gasteiger partial charge is 0.253 e. The first-order chi connectivity index (χ1) is 12.5. The van der Waals surface area contributed by atoms with E-state index in [4.69, 9.17) is 4.99 Å². The van der Waals surface area contributed by atoms with Crippen LogP contribution >= 0.6 is 24.0 Å². The van der Waals surface area contributed by atoms with Crippen molar-refractivity contribution in [2.45, 2.75) is 39.2 Å². The fourth-order valence-corrected chi connectivity index (χ4v) is 2.57. The lowest BCUT2D eigenvalue weighted by Gasteiger charge is -2.22. The predicted octanol–water partition coefficient (Wildman–Crippen LogP) is 4.15. The van der Waals surface area contributed by atoms with E-state index in [1.807, 2.05) is 30.3 Å². The zero-order chi connectivity index (χ0) is 19.4. The van der Waals surface area contributed by atoms with E-state index >= 15 is 0 Å². The SMILES string of the molecule is C=CCCCCCN(C)C(=NCc1ccc(C(=O)N(C)C)cc1)NCC.I. The lowest BCUT2D eigenvalue weighted by Crippen LogP contribution is -2.39. The Morgan fingerprint density at radius 1 is 1.15 bits per heavy atom. The summed E-state index contributed by atoms with van der Waals surface area (Å²) in [6.07, 6.45) is 6.62. The third kappa shape index (κ3) is 9.79. The van der Waals surface area contributed by atoms with Crippen molar-refractivity contribution >= 4 is 35.8 Å². The van der Waals surface area contributed by atoms with Gasteiger partial charge in [0, 0.05) is 39.8 Å². The van der Waals surface area contributed by atoms with Gasteiger partial charge in [0.05, 0.1) is 6.54 Å². The van der Waals surface area contributed by atoms with E-state index in [9.17, 15) is 4.79 Å². The van der Waals surface area contributed by atoms with Crippen LogP contribution in [0.2, 0.25) is 0 Å². The molecule has 6 heteroatoms. The van der Waals surface area contributed by atoms with E-state index in [-0.39, 0.29) is 29.9 Å². The van der Waals surface area contributed by atoms with Gasteiger partial charge in [-0.15, -0.1) is 30.6 Å². The molecule has 27 heavy (non-hydrogen) atoms. The van der Waals surface area contributed by atoms with E-state index in [0.717, 1.165) is 37.5 Å². The van der Waals surface area contributed by atoms with E-state index in [2.05, 4.69) is 30.8 Å². The fraction of sp³-hybridized carbons (Fsp3) is 0.524. The number of nitrogens with one attached hydrogen (secondary N) is 1. The maximum Gasteiger partial charge on any atom is 0.253 e. The molecule has 0 fully saturated rings. The number of unbranched alkanes of at least 4 members (excludes halogenated alkanes) is 3. The second-order valence-corrected chi connectivity index (χ2v) is 6.63. The topological polar surface area (TPSA) is 47.9 Å². The maximum absolute atomic E-state index is 11.9. The molecule has 152 valence electrons. The number of hydrogen-bond acceptors (Lipinski definition) is 2. The van der Waals surface area contributed by atoms with Gasteiger partial charge in [-0.1, -0.05) is 24.6 Å². The molecule has 0 radical (unpaired) electrons. The summed E-state index contributed by atoms with van der Waals surface area (Å²) in [5.74, 6) is 0.939. The van der Waals surface area contributed by atoms with Crippen molar-refractivity contribution in [3.05, 3.63) is 48.0 Å². The maximum atomic E-state index is 11.9. The van der Waals surface area contributed by atoms with Gasteiger partial charge >= 0.3 is 0 Å². The summed E-state index contributed by atoms with van der Waals surface area (Å²) in [5, 5.41) is 3.35. The Hall–Kier alpha value is -1.57. The Balaban J connectivity index is 0.00000676. The van der Waals surface area contributed by atoms with Crippen LogP contribution in [-0.4, -0.2) is 55.9 Å². The summed E-state index contributed by atoms with van der Waals surface area (Å²) < 4.78 is 0. The van der Waals surface area contributed by atoms with Gasteiger partial charge in [-0.05, 0) is 43.9 Å². The quantitative estimate of drug-likeness (QED) is 0.178. The number of nitrogens with zero attached hydrogens (tertiary/aromatic N) is 3. The van der Waals surface area contributed by atoms with E-state index in [1.165, 1.54) is 12.8 Å². The number of benzene rings is 1. The highest BCUT2D eigenvalue weighted by Gasteiger charge is 2.08. The van der Waals surface area contributed by atoms with Crippen LogP contribution in [0.25, 0.3) is 0 Å². The molecule has 0 saturated heterocycles. The standard InChI is InChI=1S/C21H34N4O.HI/c1-6-8-9-10-11-16-25(5)21(22-7-2)23-17-18-12-14-19(15-13-18)20(26)24(3)4;/h6,12-15H,1,7-11,16-17H2,2-5H3,(H,22,23);1H. The first-order valence-electron chi connectivity index (χ1n) is 9.40. The molecule has 0 unspecified atom stereocenters. The molecule has 1 rings (SSSR count). The number of carbonyl (C=O) groups is 1. The first kappa shape index (κ1) is 25.4. The summed E-state index contributed by atoms with van der Waals surface area (Å²) in [6.45, 7) is 8.27. The lowest BCUT2D eigenvalue weighted by atomic mass is 10.1. The van der Waals surface area contributed by atoms with E-state index < -0.39 is 0 Å². The molecule has 0 aromatic heterocycles. The van der Waals surface area contributed by atoms with E-state index in [1.54, 1.807) is 19.0 Å². The summed E-state index contributed by atoms with van der Waals surface area (Å²) >= 11 is 0. The van der Waals surface area contributed by atoms with Crippen molar-refractivity contribution in [1.82, 2.24) is 15.1 Å². The second kappa shape index (κ2) is 14.5. The van der Waals surface area contributed by atoms with Crippen LogP contribution in [0.15, 0.2) is 41.9 Å². The average molecular weight is 486 g/mol. The number of carbonyl (C=O) groups excluding carboxylic acids is 1. The molecule has 1 aromatic carbocycles. The molecule has 0 spiro atoms. The van der Waals surface area contributed by atoms with Crippen molar-refractivity contribution in [3.8, 4) is 0 Å². The molecular weight excluding hydrogens is 451 g/mol. The number of hydrogen-bond donors (Lipinski definition) is 1. The number of halogens is 1. The molecule has 1 aromatic rings. The molecule has 0 aliphatic heterocycles. The third-order valence-corrected chi connectivity index (χ3v) is 4.12. The van der Waals surface area contributed by atoms with Crippen molar-refractivity contribution in [1.29, 1.82) is 0 Å². The van der Waals surface area contributed by atoms with Crippen molar-refractivity contribution in [2.24, 2.45) is 4.99 Å². The zero-order valence-electron chi connectivity index (χ0n) is 17.2. The minimum absolute atomic E-state index is 0. The Morgan fingerprint density at radius 3 is 2.37 bits per heavy atom. The van der Waals surface area contributed by atoms with Crippen LogP contribution in [0, 0.1) is 0 Å². The Bertz CT molecular complexity index is 584. The minimum Gasteiger partial charge on any atom is -0.357 e. The van der Waals surface area contributed by atoms with Gasteiger partial charge in [-0.25, -0.2) is 4.99 Å². The van der Waals surface area contributed by atoms with Crippen molar-refractivity contribution < 1.29 is 4.79 Å². The molecule has 1 amide bonds. The molecule has 0 aliphatic rings. The van der Waals surface area contributed by atoms with Gasteiger partial charge < -0.3 is 15.1 Å². The largest absolute Gasteiger partial charge is 0.357 e. The predicted molar refractivity (Wildman–Crippen MR) is 126 cm³/mol. The second-order valence-electron chi connectivity index (χ2n) is 6.63. The summed E-state index contributed by atoms with van der Waals surface area (Å²) in [7, 11) is 5.60. The van der Waals surface area contributed by atoms with Crippen LogP contribution in [0.5, 0.6) is 0 Å². The van der Waals surface area contributed by atoms with Gasteiger partial charge in [-0.3, -0.25) is 4.79 Å². The van der Waals surface area contributed by atoms with Crippen LogP contribution < -0.4 is 5.32 Å². The Kier molecular flexibility index (Phi) is 13.6.